The topological polar surface area (TPSA) is 21.3 Å². The molecular weight excluding hydrogens is 253 g/mol. The predicted molar refractivity (Wildman–Crippen MR) is 79.3 cm³/mol. The van der Waals surface area contributed by atoms with Crippen molar-refractivity contribution in [1.29, 1.82) is 0 Å². The molecule has 0 aliphatic rings. The highest BCUT2D eigenvalue weighted by molar-refractivity contribution is 5.25. The molecule has 0 spiro atoms. The van der Waals surface area contributed by atoms with Crippen molar-refractivity contribution in [3.8, 4) is 5.75 Å². The highest BCUT2D eigenvalue weighted by Crippen LogP contribution is 2.24. The van der Waals surface area contributed by atoms with E-state index >= 15 is 0 Å². The molecule has 2 unspecified atom stereocenters. The quantitative estimate of drug-likeness (QED) is 0.860. The first-order valence-electron chi connectivity index (χ1n) is 6.89. The van der Waals surface area contributed by atoms with Crippen LogP contribution < -0.4 is 10.1 Å². The van der Waals surface area contributed by atoms with Crippen molar-refractivity contribution >= 4 is 0 Å². The molecule has 0 saturated heterocycles. The Morgan fingerprint density at radius 1 is 1.10 bits per heavy atom. The lowest BCUT2D eigenvalue weighted by molar-refractivity contribution is 0.152. The fourth-order valence-electron chi connectivity index (χ4n) is 2.33. The van der Waals surface area contributed by atoms with Gasteiger partial charge in [0.1, 0.15) is 17.7 Å². The number of ether oxygens (including phenoxy) is 1. The van der Waals surface area contributed by atoms with Crippen LogP contribution in [0.5, 0.6) is 5.75 Å². The average molecular weight is 273 g/mol. The van der Waals surface area contributed by atoms with E-state index in [4.69, 9.17) is 4.74 Å². The summed E-state index contributed by atoms with van der Waals surface area (Å²) in [5, 5.41) is 3.29. The van der Waals surface area contributed by atoms with Crippen LogP contribution in [-0.4, -0.2) is 13.2 Å². The van der Waals surface area contributed by atoms with Gasteiger partial charge in [0.25, 0.3) is 0 Å². The molecule has 2 nitrogen and oxygen atoms in total. The van der Waals surface area contributed by atoms with Crippen LogP contribution in [-0.2, 0) is 0 Å². The summed E-state index contributed by atoms with van der Waals surface area (Å²) in [6.07, 6.45) is 0.779. The summed E-state index contributed by atoms with van der Waals surface area (Å²) in [4.78, 5) is 0. The number of nitrogens with one attached hydrogen (secondary N) is 1. The molecule has 0 amide bonds. The minimum absolute atomic E-state index is 0.0517. The number of rotatable bonds is 6. The van der Waals surface area contributed by atoms with Crippen LogP contribution >= 0.6 is 0 Å². The lowest BCUT2D eigenvalue weighted by atomic mass is 9.99. The van der Waals surface area contributed by atoms with Gasteiger partial charge < -0.3 is 10.1 Å². The summed E-state index contributed by atoms with van der Waals surface area (Å²) in [7, 11) is 1.91. The van der Waals surface area contributed by atoms with Crippen molar-refractivity contribution in [2.24, 2.45) is 0 Å². The van der Waals surface area contributed by atoms with Gasteiger partial charge in [0.2, 0.25) is 0 Å². The number of hydrogen-bond acceptors (Lipinski definition) is 2. The molecule has 0 aromatic heterocycles. The summed E-state index contributed by atoms with van der Waals surface area (Å²) in [5.74, 6) is 0.283. The monoisotopic (exact) mass is 273 g/mol. The molecule has 0 aliphatic carbocycles. The number of benzene rings is 2. The minimum Gasteiger partial charge on any atom is -0.488 e. The fourth-order valence-corrected chi connectivity index (χ4v) is 2.33. The Kier molecular flexibility index (Phi) is 5.13. The number of hydrogen-bond donors (Lipinski definition) is 1. The fraction of sp³-hybridized carbons (Fsp3) is 0.294. The normalized spacial score (nSPS) is 13.8. The molecule has 0 heterocycles. The molecule has 2 atom stereocenters. The molecule has 2 aromatic carbocycles. The number of halogens is 1. The summed E-state index contributed by atoms with van der Waals surface area (Å²) < 4.78 is 19.2. The van der Waals surface area contributed by atoms with Crippen molar-refractivity contribution in [3.05, 3.63) is 66.0 Å². The number of likely N-dealkylation sites (N-methyl/N-ethyl adjacent to an activating group) is 1. The van der Waals surface area contributed by atoms with E-state index in [1.807, 2.05) is 25.2 Å². The van der Waals surface area contributed by atoms with E-state index in [9.17, 15) is 4.39 Å². The maximum Gasteiger partial charge on any atom is 0.126 e. The highest BCUT2D eigenvalue weighted by atomic mass is 19.1. The summed E-state index contributed by atoms with van der Waals surface area (Å²) in [6, 6.07) is 16.5. The van der Waals surface area contributed by atoms with Gasteiger partial charge >= 0.3 is 0 Å². The predicted octanol–water partition coefficient (Wildman–Crippen LogP) is 3.94. The van der Waals surface area contributed by atoms with Crippen LogP contribution in [0.15, 0.2) is 54.6 Å². The second-order valence-corrected chi connectivity index (χ2v) is 4.70. The smallest absolute Gasteiger partial charge is 0.126 e. The highest BCUT2D eigenvalue weighted by Gasteiger charge is 2.21. The van der Waals surface area contributed by atoms with Crippen molar-refractivity contribution in [2.45, 2.75) is 25.5 Å². The molecule has 2 aromatic rings. The van der Waals surface area contributed by atoms with Gasteiger partial charge in [-0.2, -0.15) is 0 Å². The third-order valence-electron chi connectivity index (χ3n) is 3.33. The van der Waals surface area contributed by atoms with E-state index in [0.29, 0.717) is 5.75 Å². The van der Waals surface area contributed by atoms with Crippen LogP contribution in [0.4, 0.5) is 4.39 Å². The third-order valence-corrected chi connectivity index (χ3v) is 3.33. The molecule has 0 fully saturated rings. The Balaban J connectivity index is 2.18. The van der Waals surface area contributed by atoms with Gasteiger partial charge in [-0.1, -0.05) is 43.3 Å². The van der Waals surface area contributed by atoms with E-state index < -0.39 is 0 Å². The van der Waals surface area contributed by atoms with E-state index in [0.717, 1.165) is 6.42 Å². The molecule has 1 N–H and O–H groups in total. The summed E-state index contributed by atoms with van der Waals surface area (Å²) >= 11 is 0. The zero-order valence-electron chi connectivity index (χ0n) is 11.8. The van der Waals surface area contributed by atoms with Crippen LogP contribution in [0.2, 0.25) is 0 Å². The van der Waals surface area contributed by atoms with Crippen LogP contribution in [0.3, 0.4) is 0 Å². The Labute approximate surface area is 119 Å². The lowest BCUT2D eigenvalue weighted by Crippen LogP contribution is -2.33. The van der Waals surface area contributed by atoms with Gasteiger partial charge in [0.05, 0.1) is 6.04 Å². The molecule has 3 heteroatoms. The van der Waals surface area contributed by atoms with Gasteiger partial charge in [-0.25, -0.2) is 4.39 Å². The van der Waals surface area contributed by atoms with Gasteiger partial charge in [-0.05, 0) is 31.2 Å². The molecule has 0 bridgehead atoms. The molecule has 0 saturated carbocycles. The second kappa shape index (κ2) is 7.06. The minimum atomic E-state index is -0.280. The summed E-state index contributed by atoms with van der Waals surface area (Å²) in [6.45, 7) is 2.07. The van der Waals surface area contributed by atoms with E-state index in [1.54, 1.807) is 12.1 Å². The van der Waals surface area contributed by atoms with Crippen molar-refractivity contribution in [2.75, 3.05) is 7.05 Å². The van der Waals surface area contributed by atoms with Crippen molar-refractivity contribution in [3.63, 3.8) is 0 Å². The third kappa shape index (κ3) is 3.58. The van der Waals surface area contributed by atoms with E-state index in [2.05, 4.69) is 24.4 Å². The first kappa shape index (κ1) is 14.5. The second-order valence-electron chi connectivity index (χ2n) is 4.70. The standard InChI is InChI=1S/C17H20FNO/c1-3-16(20-15-11-7-10-14(18)12-15)17(19-2)13-8-5-4-6-9-13/h4-12,16-17,19H,3H2,1-2H3. The van der Waals surface area contributed by atoms with E-state index in [1.165, 1.54) is 17.7 Å². The van der Waals surface area contributed by atoms with E-state index in [-0.39, 0.29) is 18.0 Å². The van der Waals surface area contributed by atoms with Crippen LogP contribution in [0.1, 0.15) is 24.9 Å². The average Bonchev–Trinajstić information content (AvgIpc) is 2.48. The molecule has 2 rings (SSSR count). The Morgan fingerprint density at radius 2 is 1.85 bits per heavy atom. The van der Waals surface area contributed by atoms with Crippen molar-refractivity contribution < 1.29 is 9.13 Å². The zero-order chi connectivity index (χ0) is 14.4. The SMILES string of the molecule is CCC(Oc1cccc(F)c1)C(NC)c1ccccc1. The molecule has 0 radical (unpaired) electrons. The Bertz CT molecular complexity index is 530. The Morgan fingerprint density at radius 3 is 2.45 bits per heavy atom. The molecule has 20 heavy (non-hydrogen) atoms. The molecule has 0 aliphatic heterocycles. The van der Waals surface area contributed by atoms with Crippen molar-refractivity contribution in [1.82, 2.24) is 5.32 Å². The van der Waals surface area contributed by atoms with Gasteiger partial charge in [0, 0.05) is 6.07 Å². The lowest BCUT2D eigenvalue weighted by Gasteiger charge is -2.27. The zero-order valence-corrected chi connectivity index (χ0v) is 11.8. The van der Waals surface area contributed by atoms with Crippen LogP contribution in [0.25, 0.3) is 0 Å². The molecular formula is C17H20FNO. The Hall–Kier alpha value is -1.87. The first-order chi connectivity index (χ1) is 9.74. The van der Waals surface area contributed by atoms with Gasteiger partial charge in [0.15, 0.2) is 0 Å². The van der Waals surface area contributed by atoms with Gasteiger partial charge in [-0.3, -0.25) is 0 Å². The maximum atomic E-state index is 13.2. The summed E-state index contributed by atoms with van der Waals surface area (Å²) in [5.41, 5.74) is 1.17. The molecule has 106 valence electrons. The first-order valence-corrected chi connectivity index (χ1v) is 6.89. The maximum absolute atomic E-state index is 13.2. The largest absolute Gasteiger partial charge is 0.488 e. The van der Waals surface area contributed by atoms with Gasteiger partial charge in [-0.15, -0.1) is 0 Å². The van der Waals surface area contributed by atoms with Crippen LogP contribution in [0, 0.1) is 5.82 Å².